The summed E-state index contributed by atoms with van der Waals surface area (Å²) in [6, 6.07) is 113. The van der Waals surface area contributed by atoms with Crippen LogP contribution in [-0.2, 0) is 0 Å². The quantitative estimate of drug-likeness (QED) is 0.0941. The van der Waals surface area contributed by atoms with Gasteiger partial charge < -0.3 is 19.0 Å². The number of rotatable bonds is 11. The third-order valence-corrected chi connectivity index (χ3v) is 16.6. The van der Waals surface area contributed by atoms with Crippen molar-refractivity contribution < 1.29 is 0 Å². The first-order valence-electron chi connectivity index (χ1n) is 27.7. The molecule has 0 fully saturated rings. The fourth-order valence-corrected chi connectivity index (χ4v) is 12.6. The average Bonchev–Trinajstić information content (AvgIpc) is 3.57. The lowest BCUT2D eigenvalue weighted by Crippen LogP contribution is -2.12. The molecule has 380 valence electrons. The molecule has 0 saturated carbocycles. The molecule has 0 aliphatic rings. The molecule has 0 aromatic heterocycles. The lowest BCUT2D eigenvalue weighted by molar-refractivity contribution is 1.29. The van der Waals surface area contributed by atoms with Crippen LogP contribution in [0.25, 0.3) is 109 Å². The Labute approximate surface area is 474 Å². The summed E-state index contributed by atoms with van der Waals surface area (Å²) in [5, 5.41) is 13.4. The van der Waals surface area contributed by atoms with E-state index >= 15 is 0 Å². The van der Waals surface area contributed by atoms with Gasteiger partial charge in [-0.2, -0.15) is 0 Å². The second-order valence-electron chi connectivity index (χ2n) is 21.0. The molecule has 0 N–H and O–H groups in total. The molecule has 0 aliphatic carbocycles. The van der Waals surface area contributed by atoms with Gasteiger partial charge in [-0.15, -0.1) is 0 Å². The summed E-state index contributed by atoms with van der Waals surface area (Å²) in [4.78, 5) is 4.82. The monoisotopic (exact) mass is 1050 g/mol. The lowest BCUT2D eigenvalue weighted by Gasteiger charge is -2.29. The van der Waals surface area contributed by atoms with Crippen LogP contribution < -0.4 is 15.1 Å². The number of fused-ring (bicyclic) bond motifs is 2. The fourth-order valence-electron chi connectivity index (χ4n) is 12.3. The van der Waals surface area contributed by atoms with Crippen LogP contribution in [0.1, 0.15) is 0 Å². The van der Waals surface area contributed by atoms with E-state index in [1.54, 1.807) is 0 Å². The predicted molar refractivity (Wildman–Crippen MR) is 350 cm³/mol. The fraction of sp³-hybridized carbons (Fsp3) is 0. The summed E-state index contributed by atoms with van der Waals surface area (Å²) in [6.07, 6.45) is 0. The minimum Gasteiger partial charge on any atom is -0.525 e. The van der Waals surface area contributed by atoms with Crippen molar-refractivity contribution in [2.24, 2.45) is 0 Å². The molecule has 3 heteroatoms. The van der Waals surface area contributed by atoms with Crippen LogP contribution in [0.15, 0.2) is 309 Å². The lowest BCUT2D eigenvalue weighted by atomic mass is 9.87. The number of benzene rings is 15. The highest BCUT2D eigenvalue weighted by Crippen LogP contribution is 2.47. The SMILES string of the molecule is [PH-]c1ccc(N(c2ccc(-c3ccc4ccc5c(-c6ccc(N(c7ccc8ccccc8c7)c7ccc(-c8ccccc8)cc7-c7ccccc7)cc6)ccc6ccc3c4c65)cc2)c2ccc3ccccc3c2)c(-c2ccccc2)c1. The van der Waals surface area contributed by atoms with Gasteiger partial charge in [0.05, 0.1) is 11.4 Å². The highest BCUT2D eigenvalue weighted by atomic mass is 31.0. The Bertz CT molecular complexity index is 4800. The topological polar surface area (TPSA) is 6.48 Å². The average molecular weight is 1050 g/mol. The maximum Gasteiger partial charge on any atom is 0.0540 e. The second kappa shape index (κ2) is 20.3. The second-order valence-corrected chi connectivity index (χ2v) is 21.6. The molecule has 0 amide bonds. The van der Waals surface area contributed by atoms with E-state index in [0.717, 1.165) is 56.1 Å². The molecule has 15 rings (SSSR count). The molecule has 15 aromatic carbocycles. The van der Waals surface area contributed by atoms with Crippen molar-refractivity contribution in [1.82, 2.24) is 0 Å². The Morgan fingerprint density at radius 3 is 1.05 bits per heavy atom. The number of hydrogen-bond acceptors (Lipinski definition) is 2. The number of anilines is 6. The third kappa shape index (κ3) is 8.75. The van der Waals surface area contributed by atoms with Crippen LogP contribution in [0.5, 0.6) is 0 Å². The zero-order chi connectivity index (χ0) is 53.8. The summed E-state index contributed by atoms with van der Waals surface area (Å²) in [6.45, 7) is 0. The molecule has 81 heavy (non-hydrogen) atoms. The molecule has 0 unspecified atom stereocenters. The van der Waals surface area contributed by atoms with Gasteiger partial charge in [0.1, 0.15) is 0 Å². The third-order valence-electron chi connectivity index (χ3n) is 16.3. The molecule has 0 radical (unpaired) electrons. The summed E-state index contributed by atoms with van der Waals surface area (Å²) in [5.74, 6) is 0. The van der Waals surface area contributed by atoms with Crippen molar-refractivity contribution in [3.8, 4) is 55.6 Å². The zero-order valence-electron chi connectivity index (χ0n) is 44.3. The van der Waals surface area contributed by atoms with Crippen molar-refractivity contribution >= 4 is 103 Å². The summed E-state index contributed by atoms with van der Waals surface area (Å²) in [7, 11) is 3.87. The van der Waals surface area contributed by atoms with Crippen LogP contribution >= 0.6 is 9.24 Å². The number of nitrogens with zero attached hydrogens (tertiary/aromatic N) is 2. The van der Waals surface area contributed by atoms with Gasteiger partial charge in [-0.05, 0) is 165 Å². The summed E-state index contributed by atoms with van der Waals surface area (Å²) in [5.41, 5.74) is 18.4. The molecule has 2 nitrogen and oxygen atoms in total. The zero-order valence-corrected chi connectivity index (χ0v) is 45.3. The minimum atomic E-state index is 1.03. The van der Waals surface area contributed by atoms with Crippen molar-refractivity contribution in [3.05, 3.63) is 309 Å². The smallest absolute Gasteiger partial charge is 0.0540 e. The van der Waals surface area contributed by atoms with Gasteiger partial charge in [-0.1, -0.05) is 243 Å². The van der Waals surface area contributed by atoms with Crippen molar-refractivity contribution in [2.75, 3.05) is 9.80 Å². The molecule has 0 bridgehead atoms. The molecule has 0 spiro atoms. The minimum absolute atomic E-state index is 1.03. The molecule has 0 aliphatic heterocycles. The maximum atomic E-state index is 3.87. The molecule has 0 heterocycles. The van der Waals surface area contributed by atoms with Crippen LogP contribution in [0.4, 0.5) is 34.1 Å². The normalized spacial score (nSPS) is 11.5. The van der Waals surface area contributed by atoms with Gasteiger partial charge in [-0.3, -0.25) is 0 Å². The largest absolute Gasteiger partial charge is 0.525 e. The van der Waals surface area contributed by atoms with E-state index in [1.807, 2.05) is 0 Å². The van der Waals surface area contributed by atoms with E-state index in [0.29, 0.717) is 0 Å². The Morgan fingerprint density at radius 2 is 0.568 bits per heavy atom. The Balaban J connectivity index is 0.824. The Morgan fingerprint density at radius 1 is 0.210 bits per heavy atom. The number of hydrogen-bond donors (Lipinski definition) is 0. The van der Waals surface area contributed by atoms with Gasteiger partial charge in [-0.25, -0.2) is 5.30 Å². The summed E-state index contributed by atoms with van der Waals surface area (Å²) < 4.78 is 0. The van der Waals surface area contributed by atoms with E-state index in [4.69, 9.17) is 0 Å². The Kier molecular flexibility index (Phi) is 12.0. The highest BCUT2D eigenvalue weighted by Gasteiger charge is 2.22. The van der Waals surface area contributed by atoms with E-state index < -0.39 is 0 Å². The van der Waals surface area contributed by atoms with E-state index in [2.05, 4.69) is 328 Å². The van der Waals surface area contributed by atoms with Gasteiger partial charge in [0.15, 0.2) is 0 Å². The van der Waals surface area contributed by atoms with E-state index in [1.165, 1.54) is 92.8 Å². The predicted octanol–water partition coefficient (Wildman–Crippen LogP) is 21.9. The van der Waals surface area contributed by atoms with E-state index in [9.17, 15) is 0 Å². The molecular weight excluding hydrogens is 996 g/mol. The van der Waals surface area contributed by atoms with Crippen molar-refractivity contribution in [3.63, 3.8) is 0 Å². The van der Waals surface area contributed by atoms with Crippen LogP contribution in [0, 0.1) is 0 Å². The van der Waals surface area contributed by atoms with Crippen molar-refractivity contribution in [2.45, 2.75) is 0 Å². The Hall–Kier alpha value is -10.1. The van der Waals surface area contributed by atoms with Gasteiger partial charge in [0.2, 0.25) is 0 Å². The standard InChI is InChI=1S/C78H52N2P/c81-68-41-47-76(74(51-68)56-20-8-3-9-21-56)80(67-40-25-54-17-11-13-23-62(54)49-67)65-37-28-58(29-38-65)70-43-31-60-32-44-71-69(42-30-59-33-45-72(70)78(60)77(59)71)57-26-35-64(36-27-57)79(66-39-24-53-16-10-12-22-61(53)48-66)75-46-34-63(52-14-4-1-5-15-52)50-73(75)55-18-6-2-7-19-55/h1-51,81H/q-1. The van der Waals surface area contributed by atoms with Crippen molar-refractivity contribution in [1.29, 1.82) is 0 Å². The molecule has 15 aromatic rings. The van der Waals surface area contributed by atoms with Gasteiger partial charge in [0.25, 0.3) is 0 Å². The molecule has 0 saturated heterocycles. The van der Waals surface area contributed by atoms with Crippen LogP contribution in [-0.4, -0.2) is 0 Å². The van der Waals surface area contributed by atoms with Crippen LogP contribution in [0.3, 0.4) is 0 Å². The van der Waals surface area contributed by atoms with E-state index in [-0.39, 0.29) is 0 Å². The van der Waals surface area contributed by atoms with Gasteiger partial charge in [0, 0.05) is 33.9 Å². The van der Waals surface area contributed by atoms with Crippen LogP contribution in [0.2, 0.25) is 0 Å². The first kappa shape index (κ1) is 48.1. The molecular formula is C78H52N2P-. The first-order chi connectivity index (χ1) is 40.1. The van der Waals surface area contributed by atoms with Gasteiger partial charge >= 0.3 is 0 Å². The summed E-state index contributed by atoms with van der Waals surface area (Å²) >= 11 is 0. The first-order valence-corrected chi connectivity index (χ1v) is 28.2. The highest BCUT2D eigenvalue weighted by molar-refractivity contribution is 7.27. The molecule has 0 atom stereocenters. The maximum absolute atomic E-state index is 3.87.